The minimum Gasteiger partial charge on any atom is -0.484 e. The van der Waals surface area contributed by atoms with E-state index in [9.17, 15) is 9.59 Å². The van der Waals surface area contributed by atoms with Gasteiger partial charge in [-0.2, -0.15) is 0 Å². The Hall–Kier alpha value is -2.82. The molecule has 0 fully saturated rings. The third-order valence-corrected chi connectivity index (χ3v) is 4.95. The quantitative estimate of drug-likeness (QED) is 0.637. The van der Waals surface area contributed by atoms with Gasteiger partial charge in [-0.1, -0.05) is 68.8 Å². The van der Waals surface area contributed by atoms with Gasteiger partial charge in [-0.15, -0.1) is 0 Å². The van der Waals surface area contributed by atoms with Crippen molar-refractivity contribution in [2.75, 3.05) is 13.2 Å². The van der Waals surface area contributed by atoms with E-state index in [1.165, 1.54) is 0 Å². The Kier molecular flexibility index (Phi) is 8.90. The van der Waals surface area contributed by atoms with Crippen molar-refractivity contribution in [2.24, 2.45) is 5.92 Å². The lowest BCUT2D eigenvalue weighted by Gasteiger charge is -2.31. The van der Waals surface area contributed by atoms with Gasteiger partial charge in [0.05, 0.1) is 0 Å². The van der Waals surface area contributed by atoms with Gasteiger partial charge in [0.1, 0.15) is 11.8 Å². The van der Waals surface area contributed by atoms with Crippen LogP contribution in [0.2, 0.25) is 0 Å². The summed E-state index contributed by atoms with van der Waals surface area (Å²) in [5, 5.41) is 2.97. The molecule has 0 spiro atoms. The molecular weight excluding hydrogens is 376 g/mol. The number of carbonyl (C=O) groups is 2. The molecule has 0 bridgehead atoms. The van der Waals surface area contributed by atoms with Crippen molar-refractivity contribution in [3.63, 3.8) is 0 Å². The third kappa shape index (κ3) is 6.90. The zero-order valence-corrected chi connectivity index (χ0v) is 18.8. The number of rotatable bonds is 10. The predicted molar refractivity (Wildman–Crippen MR) is 120 cm³/mol. The van der Waals surface area contributed by atoms with Crippen LogP contribution in [0, 0.1) is 19.8 Å². The molecule has 0 radical (unpaired) electrons. The van der Waals surface area contributed by atoms with Crippen LogP contribution < -0.4 is 10.1 Å². The van der Waals surface area contributed by atoms with Gasteiger partial charge in [0.25, 0.3) is 5.91 Å². The SMILES string of the molecule is CC[C@@H](C(=O)NCC(C)C)N(Cc1cccc(C)c1)C(=O)COc1ccccc1C. The Morgan fingerprint density at radius 3 is 2.43 bits per heavy atom. The Labute approximate surface area is 180 Å². The van der Waals surface area contributed by atoms with Crippen molar-refractivity contribution >= 4 is 11.8 Å². The lowest BCUT2D eigenvalue weighted by Crippen LogP contribution is -2.50. The molecule has 0 saturated carbocycles. The highest BCUT2D eigenvalue weighted by Gasteiger charge is 2.29. The Balaban J connectivity index is 2.21. The fourth-order valence-corrected chi connectivity index (χ4v) is 3.29. The molecule has 0 aliphatic rings. The largest absolute Gasteiger partial charge is 0.484 e. The van der Waals surface area contributed by atoms with Crippen LogP contribution in [0.4, 0.5) is 0 Å². The van der Waals surface area contributed by atoms with E-state index < -0.39 is 6.04 Å². The van der Waals surface area contributed by atoms with Gasteiger partial charge >= 0.3 is 0 Å². The number of nitrogens with zero attached hydrogens (tertiary/aromatic N) is 1. The molecule has 1 N–H and O–H groups in total. The number of ether oxygens (including phenoxy) is 1. The van der Waals surface area contributed by atoms with Crippen LogP contribution in [0.25, 0.3) is 0 Å². The summed E-state index contributed by atoms with van der Waals surface area (Å²) in [5.74, 6) is 0.699. The van der Waals surface area contributed by atoms with Gasteiger partial charge in [-0.3, -0.25) is 9.59 Å². The van der Waals surface area contributed by atoms with Crippen LogP contribution in [0.1, 0.15) is 43.9 Å². The first kappa shape index (κ1) is 23.5. The maximum Gasteiger partial charge on any atom is 0.261 e. The van der Waals surface area contributed by atoms with Crippen molar-refractivity contribution in [3.8, 4) is 5.75 Å². The maximum atomic E-state index is 13.2. The van der Waals surface area contributed by atoms with E-state index in [0.717, 1.165) is 16.7 Å². The van der Waals surface area contributed by atoms with E-state index >= 15 is 0 Å². The molecule has 0 aliphatic carbocycles. The molecule has 0 unspecified atom stereocenters. The zero-order valence-electron chi connectivity index (χ0n) is 18.8. The highest BCUT2D eigenvalue weighted by Crippen LogP contribution is 2.18. The van der Waals surface area contributed by atoms with E-state index in [-0.39, 0.29) is 18.4 Å². The molecular formula is C25H34N2O3. The summed E-state index contributed by atoms with van der Waals surface area (Å²) < 4.78 is 5.79. The summed E-state index contributed by atoms with van der Waals surface area (Å²) in [6.07, 6.45) is 0.534. The first-order valence-electron chi connectivity index (χ1n) is 10.6. The topological polar surface area (TPSA) is 58.6 Å². The molecule has 162 valence electrons. The summed E-state index contributed by atoms with van der Waals surface area (Å²) in [6, 6.07) is 15.1. The lowest BCUT2D eigenvalue weighted by atomic mass is 10.1. The molecule has 2 aromatic carbocycles. The molecule has 0 heterocycles. The standard InChI is InChI=1S/C25H34N2O3/c1-6-22(25(29)26-15-18(2)3)27(16-21-12-9-10-19(4)14-21)24(28)17-30-23-13-8-7-11-20(23)5/h7-14,18,22H,6,15-17H2,1-5H3,(H,26,29)/t22-/m0/s1. The average Bonchev–Trinajstić information content (AvgIpc) is 2.71. The first-order valence-corrected chi connectivity index (χ1v) is 10.6. The monoisotopic (exact) mass is 410 g/mol. The first-order chi connectivity index (χ1) is 14.3. The zero-order chi connectivity index (χ0) is 22.1. The van der Waals surface area contributed by atoms with E-state index in [4.69, 9.17) is 4.74 Å². The Bertz CT molecular complexity index is 848. The molecule has 5 heteroatoms. The summed E-state index contributed by atoms with van der Waals surface area (Å²) >= 11 is 0. The summed E-state index contributed by atoms with van der Waals surface area (Å²) in [4.78, 5) is 27.7. The van der Waals surface area contributed by atoms with Crippen LogP contribution in [0.3, 0.4) is 0 Å². The molecule has 1 atom stereocenters. The summed E-state index contributed by atoms with van der Waals surface area (Å²) in [5.41, 5.74) is 3.08. The number of carbonyl (C=O) groups excluding carboxylic acids is 2. The fraction of sp³-hybridized carbons (Fsp3) is 0.440. The molecule has 5 nitrogen and oxygen atoms in total. The number of hydrogen-bond acceptors (Lipinski definition) is 3. The van der Waals surface area contributed by atoms with Crippen molar-refractivity contribution in [2.45, 2.75) is 53.6 Å². The van der Waals surface area contributed by atoms with Gasteiger partial charge < -0.3 is 15.0 Å². The van der Waals surface area contributed by atoms with Gasteiger partial charge in [0, 0.05) is 13.1 Å². The van der Waals surface area contributed by atoms with Crippen molar-refractivity contribution in [1.29, 1.82) is 0 Å². The Morgan fingerprint density at radius 1 is 1.07 bits per heavy atom. The minimum atomic E-state index is -0.544. The van der Waals surface area contributed by atoms with Gasteiger partial charge in [-0.05, 0) is 43.4 Å². The molecule has 2 rings (SSSR count). The van der Waals surface area contributed by atoms with Gasteiger partial charge in [-0.25, -0.2) is 0 Å². The number of para-hydroxylation sites is 1. The average molecular weight is 411 g/mol. The number of amides is 2. The van der Waals surface area contributed by atoms with Crippen molar-refractivity contribution < 1.29 is 14.3 Å². The fourth-order valence-electron chi connectivity index (χ4n) is 3.29. The van der Waals surface area contributed by atoms with E-state index in [0.29, 0.717) is 31.2 Å². The number of hydrogen-bond donors (Lipinski definition) is 1. The highest BCUT2D eigenvalue weighted by atomic mass is 16.5. The number of nitrogens with one attached hydrogen (secondary N) is 1. The summed E-state index contributed by atoms with van der Waals surface area (Å²) in [7, 11) is 0. The molecule has 0 aliphatic heterocycles. The second kappa shape index (κ2) is 11.4. The van der Waals surface area contributed by atoms with E-state index in [2.05, 4.69) is 5.32 Å². The summed E-state index contributed by atoms with van der Waals surface area (Å²) in [6.45, 7) is 10.8. The second-order valence-electron chi connectivity index (χ2n) is 8.13. The van der Waals surface area contributed by atoms with Crippen LogP contribution in [-0.4, -0.2) is 35.9 Å². The predicted octanol–water partition coefficient (Wildman–Crippen LogP) is 4.26. The van der Waals surface area contributed by atoms with Gasteiger partial charge in [0.2, 0.25) is 5.91 Å². The van der Waals surface area contributed by atoms with E-state index in [1.54, 1.807) is 4.90 Å². The molecule has 2 amide bonds. The smallest absolute Gasteiger partial charge is 0.261 e. The van der Waals surface area contributed by atoms with Crippen LogP contribution >= 0.6 is 0 Å². The minimum absolute atomic E-state index is 0.107. The molecule has 0 aromatic heterocycles. The second-order valence-corrected chi connectivity index (χ2v) is 8.13. The third-order valence-electron chi connectivity index (χ3n) is 4.95. The maximum absolute atomic E-state index is 13.2. The van der Waals surface area contributed by atoms with Crippen LogP contribution in [0.15, 0.2) is 48.5 Å². The van der Waals surface area contributed by atoms with Crippen molar-refractivity contribution in [3.05, 3.63) is 65.2 Å². The van der Waals surface area contributed by atoms with E-state index in [1.807, 2.05) is 83.1 Å². The van der Waals surface area contributed by atoms with Crippen LogP contribution in [0.5, 0.6) is 5.75 Å². The number of aryl methyl sites for hydroxylation is 2. The van der Waals surface area contributed by atoms with Crippen LogP contribution in [-0.2, 0) is 16.1 Å². The normalized spacial score (nSPS) is 11.8. The lowest BCUT2D eigenvalue weighted by molar-refractivity contribution is -0.143. The molecule has 2 aromatic rings. The molecule has 30 heavy (non-hydrogen) atoms. The number of benzene rings is 2. The van der Waals surface area contributed by atoms with Crippen molar-refractivity contribution in [1.82, 2.24) is 10.2 Å². The van der Waals surface area contributed by atoms with Gasteiger partial charge in [0.15, 0.2) is 6.61 Å². The molecule has 0 saturated heterocycles. The highest BCUT2D eigenvalue weighted by molar-refractivity contribution is 5.88. The Morgan fingerprint density at radius 2 is 1.80 bits per heavy atom.